The summed E-state index contributed by atoms with van der Waals surface area (Å²) >= 11 is 0. The van der Waals surface area contributed by atoms with Gasteiger partial charge in [-0.15, -0.1) is 0 Å². The summed E-state index contributed by atoms with van der Waals surface area (Å²) in [4.78, 5) is 23.1. The van der Waals surface area contributed by atoms with E-state index in [1.807, 2.05) is 36.7 Å². The molecule has 1 aliphatic carbocycles. The average Bonchev–Trinajstić information content (AvgIpc) is 3.36. The quantitative estimate of drug-likeness (QED) is 0.671. The molecule has 0 radical (unpaired) electrons. The van der Waals surface area contributed by atoms with Gasteiger partial charge in [-0.25, -0.2) is 14.8 Å². The van der Waals surface area contributed by atoms with Crippen LogP contribution in [0.15, 0.2) is 48.8 Å². The molecule has 4 atom stereocenters. The minimum Gasteiger partial charge on any atom is -0.464 e. The van der Waals surface area contributed by atoms with Gasteiger partial charge in [-0.1, -0.05) is 18.2 Å². The third-order valence-electron chi connectivity index (χ3n) is 6.61. The summed E-state index contributed by atoms with van der Waals surface area (Å²) in [7, 11) is 1.37. The Bertz CT molecular complexity index is 1070. The summed E-state index contributed by atoms with van der Waals surface area (Å²) in [6.07, 6.45) is 3.24. The Labute approximate surface area is 175 Å². The van der Waals surface area contributed by atoms with Gasteiger partial charge in [-0.3, -0.25) is 4.90 Å². The van der Waals surface area contributed by atoms with Crippen molar-refractivity contribution in [2.75, 3.05) is 20.2 Å². The highest BCUT2D eigenvalue weighted by Crippen LogP contribution is 2.42. The number of carbonyl (C=O) groups is 1. The van der Waals surface area contributed by atoms with Gasteiger partial charge in [0.25, 0.3) is 0 Å². The van der Waals surface area contributed by atoms with Crippen LogP contribution < -0.4 is 0 Å². The number of imidazole rings is 1. The number of aliphatic hydroxyl groups excluding tert-OH is 1. The lowest BCUT2D eigenvalue weighted by Crippen LogP contribution is -2.36. The van der Waals surface area contributed by atoms with Crippen LogP contribution in [0.2, 0.25) is 0 Å². The number of ether oxygens (including phenoxy) is 1. The highest BCUT2D eigenvalue weighted by Gasteiger charge is 2.42. The van der Waals surface area contributed by atoms with Crippen LogP contribution in [0, 0.1) is 11.8 Å². The van der Waals surface area contributed by atoms with E-state index in [1.165, 1.54) is 7.11 Å². The Hall–Kier alpha value is -2.77. The van der Waals surface area contributed by atoms with Crippen molar-refractivity contribution in [3.05, 3.63) is 60.2 Å². The third kappa shape index (κ3) is 3.48. The minimum absolute atomic E-state index is 0.0550. The molecule has 1 saturated heterocycles. The van der Waals surface area contributed by atoms with Crippen LogP contribution in [0.5, 0.6) is 0 Å². The standard InChI is InChI=1S/C23H26N4O3/c1-30-23(29)19-7-4-5-17(25-19)13-26-11-15-9-21(22(28)10-16(15)12-26)27-14-24-18-6-2-3-8-20(18)27/h2-8,14-16,21-22,28H,9-13H2,1H3/t15-,16+,21-,22-/m1/s1. The maximum absolute atomic E-state index is 11.8. The number of carbonyl (C=O) groups excluding carboxylic acids is 1. The van der Waals surface area contributed by atoms with Crippen LogP contribution in [0.1, 0.15) is 35.1 Å². The lowest BCUT2D eigenvalue weighted by atomic mass is 9.77. The molecule has 2 aliphatic rings. The normalized spacial score (nSPS) is 26.6. The molecule has 0 bridgehead atoms. The number of likely N-dealkylation sites (tertiary alicyclic amines) is 1. The van der Waals surface area contributed by atoms with Gasteiger partial charge in [-0.2, -0.15) is 0 Å². The Morgan fingerprint density at radius 1 is 1.13 bits per heavy atom. The lowest BCUT2D eigenvalue weighted by molar-refractivity contribution is 0.0374. The second kappa shape index (κ2) is 7.81. The van der Waals surface area contributed by atoms with Gasteiger partial charge in [0.2, 0.25) is 0 Å². The molecule has 1 aliphatic heterocycles. The van der Waals surface area contributed by atoms with Crippen LogP contribution in [0.25, 0.3) is 11.0 Å². The molecule has 5 rings (SSSR count). The average molecular weight is 406 g/mol. The van der Waals surface area contributed by atoms with E-state index in [0.717, 1.165) is 42.7 Å². The summed E-state index contributed by atoms with van der Waals surface area (Å²) < 4.78 is 6.93. The number of hydrogen-bond acceptors (Lipinski definition) is 6. The summed E-state index contributed by atoms with van der Waals surface area (Å²) in [5.41, 5.74) is 3.26. The van der Waals surface area contributed by atoms with Gasteiger partial charge >= 0.3 is 5.97 Å². The number of aliphatic hydroxyl groups is 1. The van der Waals surface area contributed by atoms with E-state index in [0.29, 0.717) is 24.1 Å². The highest BCUT2D eigenvalue weighted by atomic mass is 16.5. The molecule has 0 spiro atoms. The molecular formula is C23H26N4O3. The first-order valence-electron chi connectivity index (χ1n) is 10.5. The maximum Gasteiger partial charge on any atom is 0.356 e. The Morgan fingerprint density at radius 3 is 2.77 bits per heavy atom. The SMILES string of the molecule is COC(=O)c1cccc(CN2C[C@H]3C[C@@H](n4cnc5ccccc54)[C@H](O)C[C@H]3C2)n1. The van der Waals surface area contributed by atoms with E-state index in [2.05, 4.69) is 25.5 Å². The molecule has 7 nitrogen and oxygen atoms in total. The number of para-hydroxylation sites is 2. The maximum atomic E-state index is 11.8. The zero-order chi connectivity index (χ0) is 20.7. The molecule has 2 aromatic heterocycles. The van der Waals surface area contributed by atoms with Crippen LogP contribution in [0.4, 0.5) is 0 Å². The van der Waals surface area contributed by atoms with Crippen molar-refractivity contribution in [1.82, 2.24) is 19.4 Å². The smallest absolute Gasteiger partial charge is 0.356 e. The Morgan fingerprint density at radius 2 is 1.93 bits per heavy atom. The van der Waals surface area contributed by atoms with E-state index < -0.39 is 5.97 Å². The number of esters is 1. The van der Waals surface area contributed by atoms with Gasteiger partial charge in [0.05, 0.1) is 42.3 Å². The van der Waals surface area contributed by atoms with Crippen molar-refractivity contribution in [1.29, 1.82) is 0 Å². The lowest BCUT2D eigenvalue weighted by Gasteiger charge is -2.36. The molecule has 1 N–H and O–H groups in total. The Kier molecular flexibility index (Phi) is 5.00. The topological polar surface area (TPSA) is 80.5 Å². The molecular weight excluding hydrogens is 380 g/mol. The number of pyridine rings is 1. The first kappa shape index (κ1) is 19.2. The van der Waals surface area contributed by atoms with Crippen molar-refractivity contribution in [3.63, 3.8) is 0 Å². The zero-order valence-corrected chi connectivity index (χ0v) is 17.0. The van der Waals surface area contributed by atoms with Crippen LogP contribution in [-0.4, -0.2) is 56.8 Å². The fraction of sp³-hybridized carbons (Fsp3) is 0.435. The van der Waals surface area contributed by atoms with Crippen molar-refractivity contribution in [2.24, 2.45) is 11.8 Å². The van der Waals surface area contributed by atoms with Crippen LogP contribution >= 0.6 is 0 Å². The van der Waals surface area contributed by atoms with Gasteiger partial charge in [0.15, 0.2) is 0 Å². The summed E-state index contributed by atoms with van der Waals surface area (Å²) in [6, 6.07) is 13.6. The molecule has 3 aromatic rings. The van der Waals surface area contributed by atoms with Crippen LogP contribution in [-0.2, 0) is 11.3 Å². The first-order chi connectivity index (χ1) is 14.6. The highest BCUT2D eigenvalue weighted by molar-refractivity contribution is 5.87. The summed E-state index contributed by atoms with van der Waals surface area (Å²) in [5.74, 6) is 0.601. The molecule has 2 fully saturated rings. The number of benzene rings is 1. The molecule has 7 heteroatoms. The molecule has 1 aromatic carbocycles. The van der Waals surface area contributed by atoms with Crippen molar-refractivity contribution >= 4 is 17.0 Å². The zero-order valence-electron chi connectivity index (χ0n) is 17.0. The number of hydrogen-bond donors (Lipinski definition) is 1. The van der Waals surface area contributed by atoms with E-state index >= 15 is 0 Å². The largest absolute Gasteiger partial charge is 0.464 e. The predicted molar refractivity (Wildman–Crippen MR) is 112 cm³/mol. The molecule has 1 saturated carbocycles. The van der Waals surface area contributed by atoms with Gasteiger partial charge in [0, 0.05) is 19.6 Å². The molecule has 0 amide bonds. The van der Waals surface area contributed by atoms with E-state index in [4.69, 9.17) is 4.74 Å². The predicted octanol–water partition coefficient (Wildman–Crippen LogP) is 2.66. The van der Waals surface area contributed by atoms with E-state index in [1.54, 1.807) is 6.07 Å². The van der Waals surface area contributed by atoms with E-state index in [9.17, 15) is 9.90 Å². The number of fused-ring (bicyclic) bond motifs is 2. The van der Waals surface area contributed by atoms with Crippen molar-refractivity contribution < 1.29 is 14.6 Å². The van der Waals surface area contributed by atoms with Crippen molar-refractivity contribution in [3.8, 4) is 0 Å². The van der Waals surface area contributed by atoms with Gasteiger partial charge < -0.3 is 14.4 Å². The van der Waals surface area contributed by atoms with Gasteiger partial charge in [0.1, 0.15) is 5.69 Å². The number of nitrogens with zero attached hydrogens (tertiary/aromatic N) is 4. The summed E-state index contributed by atoms with van der Waals surface area (Å²) in [5, 5.41) is 10.9. The van der Waals surface area contributed by atoms with E-state index in [-0.39, 0.29) is 12.1 Å². The molecule has 0 unspecified atom stereocenters. The first-order valence-corrected chi connectivity index (χ1v) is 10.5. The fourth-order valence-corrected chi connectivity index (χ4v) is 5.19. The molecule has 30 heavy (non-hydrogen) atoms. The number of rotatable bonds is 4. The fourth-order valence-electron chi connectivity index (χ4n) is 5.19. The van der Waals surface area contributed by atoms with Crippen molar-refractivity contribution in [2.45, 2.75) is 31.5 Å². The summed E-state index contributed by atoms with van der Waals surface area (Å²) in [6.45, 7) is 2.63. The second-order valence-electron chi connectivity index (χ2n) is 8.47. The number of methoxy groups -OCH3 is 1. The monoisotopic (exact) mass is 406 g/mol. The second-order valence-corrected chi connectivity index (χ2v) is 8.47. The third-order valence-corrected chi connectivity index (χ3v) is 6.61. The van der Waals surface area contributed by atoms with Gasteiger partial charge in [-0.05, 0) is 48.9 Å². The Balaban J connectivity index is 1.30. The molecule has 156 valence electrons. The van der Waals surface area contributed by atoms with Crippen LogP contribution in [0.3, 0.4) is 0 Å². The number of aromatic nitrogens is 3. The minimum atomic E-state index is -0.412. The molecule has 3 heterocycles.